The van der Waals surface area contributed by atoms with Crippen LogP contribution in [0.5, 0.6) is 0 Å². The minimum absolute atomic E-state index is 0.316. The lowest BCUT2D eigenvalue weighted by atomic mass is 10.1. The SMILES string of the molecule is N#Cc1nc(F)cc(CO)c1C(F)F. The maximum atomic E-state index is 12.6. The zero-order chi connectivity index (χ0) is 10.7. The Morgan fingerprint density at radius 3 is 2.64 bits per heavy atom. The van der Waals surface area contributed by atoms with Gasteiger partial charge in [-0.25, -0.2) is 13.8 Å². The van der Waals surface area contributed by atoms with E-state index in [1.165, 1.54) is 6.07 Å². The summed E-state index contributed by atoms with van der Waals surface area (Å²) in [7, 11) is 0. The van der Waals surface area contributed by atoms with E-state index < -0.39 is 30.2 Å². The van der Waals surface area contributed by atoms with Crippen LogP contribution in [0.15, 0.2) is 6.07 Å². The molecule has 14 heavy (non-hydrogen) atoms. The highest BCUT2D eigenvalue weighted by Gasteiger charge is 2.20. The molecule has 1 N–H and O–H groups in total. The number of hydrogen-bond acceptors (Lipinski definition) is 3. The fourth-order valence-corrected chi connectivity index (χ4v) is 1.03. The van der Waals surface area contributed by atoms with Gasteiger partial charge in [0.2, 0.25) is 5.95 Å². The van der Waals surface area contributed by atoms with Gasteiger partial charge in [-0.3, -0.25) is 0 Å². The van der Waals surface area contributed by atoms with Crippen molar-refractivity contribution in [2.75, 3.05) is 0 Å². The van der Waals surface area contributed by atoms with Crippen molar-refractivity contribution in [2.45, 2.75) is 13.0 Å². The Morgan fingerprint density at radius 2 is 2.21 bits per heavy atom. The number of hydrogen-bond donors (Lipinski definition) is 1. The van der Waals surface area contributed by atoms with Gasteiger partial charge in [-0.15, -0.1) is 0 Å². The molecule has 0 unspecified atom stereocenters. The Labute approximate surface area is 77.4 Å². The maximum Gasteiger partial charge on any atom is 0.267 e. The second-order valence-corrected chi connectivity index (χ2v) is 2.44. The van der Waals surface area contributed by atoms with Crippen molar-refractivity contribution < 1.29 is 18.3 Å². The topological polar surface area (TPSA) is 56.9 Å². The number of halogens is 3. The van der Waals surface area contributed by atoms with E-state index in [-0.39, 0.29) is 5.56 Å². The van der Waals surface area contributed by atoms with Crippen LogP contribution in [0.4, 0.5) is 13.2 Å². The largest absolute Gasteiger partial charge is 0.392 e. The van der Waals surface area contributed by atoms with E-state index in [1.54, 1.807) is 0 Å². The Bertz CT molecular complexity index is 387. The van der Waals surface area contributed by atoms with E-state index in [9.17, 15) is 13.2 Å². The molecule has 0 radical (unpaired) electrons. The van der Waals surface area contributed by atoms with Crippen molar-refractivity contribution in [2.24, 2.45) is 0 Å². The van der Waals surface area contributed by atoms with E-state index in [2.05, 4.69) is 4.98 Å². The predicted molar refractivity (Wildman–Crippen MR) is 39.8 cm³/mol. The van der Waals surface area contributed by atoms with E-state index in [4.69, 9.17) is 10.4 Å². The molecule has 0 atom stereocenters. The predicted octanol–water partition coefficient (Wildman–Crippen LogP) is 1.52. The summed E-state index contributed by atoms with van der Waals surface area (Å²) in [5.74, 6) is -1.06. The zero-order valence-electron chi connectivity index (χ0n) is 6.84. The highest BCUT2D eigenvalue weighted by atomic mass is 19.3. The third kappa shape index (κ3) is 1.83. The van der Waals surface area contributed by atoms with Crippen molar-refractivity contribution in [3.8, 4) is 6.07 Å². The first-order valence-electron chi connectivity index (χ1n) is 3.58. The molecule has 0 aliphatic carbocycles. The fraction of sp³-hybridized carbons (Fsp3) is 0.250. The molecule has 0 amide bonds. The monoisotopic (exact) mass is 202 g/mol. The van der Waals surface area contributed by atoms with E-state index in [0.717, 1.165) is 0 Å². The fourth-order valence-electron chi connectivity index (χ4n) is 1.03. The van der Waals surface area contributed by atoms with E-state index >= 15 is 0 Å². The molecule has 1 aromatic heterocycles. The first-order chi connectivity index (χ1) is 6.60. The van der Waals surface area contributed by atoms with Crippen LogP contribution < -0.4 is 0 Å². The third-order valence-electron chi connectivity index (χ3n) is 1.61. The van der Waals surface area contributed by atoms with Crippen LogP contribution >= 0.6 is 0 Å². The van der Waals surface area contributed by atoms with Crippen molar-refractivity contribution in [1.29, 1.82) is 5.26 Å². The number of aliphatic hydroxyl groups excluding tert-OH is 1. The molecule has 74 valence electrons. The van der Waals surface area contributed by atoms with Crippen LogP contribution in [0, 0.1) is 17.3 Å². The first-order valence-corrected chi connectivity index (χ1v) is 3.58. The molecule has 1 aromatic rings. The summed E-state index contributed by atoms with van der Waals surface area (Å²) in [5, 5.41) is 17.1. The van der Waals surface area contributed by atoms with Crippen LogP contribution in [0.3, 0.4) is 0 Å². The molecule has 0 aliphatic heterocycles. The summed E-state index contributed by atoms with van der Waals surface area (Å²) in [6, 6.07) is 2.03. The minimum Gasteiger partial charge on any atom is -0.392 e. The maximum absolute atomic E-state index is 12.6. The number of nitrogens with zero attached hydrogens (tertiary/aromatic N) is 2. The van der Waals surface area contributed by atoms with Gasteiger partial charge in [-0.1, -0.05) is 0 Å². The number of rotatable bonds is 2. The molecular formula is C8H5F3N2O. The summed E-state index contributed by atoms with van der Waals surface area (Å²) >= 11 is 0. The lowest BCUT2D eigenvalue weighted by Gasteiger charge is -2.07. The zero-order valence-corrected chi connectivity index (χ0v) is 6.84. The summed E-state index contributed by atoms with van der Waals surface area (Å²) in [5.41, 5.74) is -1.72. The van der Waals surface area contributed by atoms with Gasteiger partial charge in [0.15, 0.2) is 5.69 Å². The minimum atomic E-state index is -2.96. The Hall–Kier alpha value is -1.61. The van der Waals surface area contributed by atoms with E-state index in [1.807, 2.05) is 0 Å². The summed E-state index contributed by atoms with van der Waals surface area (Å²) in [4.78, 5) is 3.00. The highest BCUT2D eigenvalue weighted by molar-refractivity contribution is 5.38. The van der Waals surface area contributed by atoms with Crippen molar-refractivity contribution in [1.82, 2.24) is 4.98 Å². The van der Waals surface area contributed by atoms with Crippen LogP contribution in [-0.2, 0) is 6.61 Å². The number of aliphatic hydroxyl groups is 1. The third-order valence-corrected chi connectivity index (χ3v) is 1.61. The number of pyridine rings is 1. The van der Waals surface area contributed by atoms with Crippen LogP contribution in [0.2, 0.25) is 0 Å². The smallest absolute Gasteiger partial charge is 0.267 e. The van der Waals surface area contributed by atoms with Crippen LogP contribution in [0.25, 0.3) is 0 Å². The molecular weight excluding hydrogens is 197 g/mol. The van der Waals surface area contributed by atoms with Gasteiger partial charge in [-0.2, -0.15) is 9.65 Å². The normalized spacial score (nSPS) is 10.3. The number of nitriles is 1. The summed E-state index contributed by atoms with van der Waals surface area (Å²) < 4.78 is 37.4. The number of alkyl halides is 2. The van der Waals surface area contributed by atoms with Gasteiger partial charge in [0.25, 0.3) is 6.43 Å². The molecule has 1 rings (SSSR count). The van der Waals surface area contributed by atoms with Gasteiger partial charge in [0, 0.05) is 0 Å². The Balaban J connectivity index is 3.42. The lowest BCUT2D eigenvalue weighted by molar-refractivity contribution is 0.146. The number of aromatic nitrogens is 1. The molecule has 0 spiro atoms. The average molecular weight is 202 g/mol. The molecule has 0 saturated heterocycles. The van der Waals surface area contributed by atoms with Gasteiger partial charge in [-0.05, 0) is 11.6 Å². The van der Waals surface area contributed by atoms with Crippen molar-refractivity contribution in [3.05, 3.63) is 28.8 Å². The van der Waals surface area contributed by atoms with Crippen molar-refractivity contribution in [3.63, 3.8) is 0 Å². The second kappa shape index (κ2) is 4.07. The molecule has 0 aromatic carbocycles. The molecule has 0 bridgehead atoms. The molecule has 1 heterocycles. The Morgan fingerprint density at radius 1 is 1.57 bits per heavy atom. The van der Waals surface area contributed by atoms with Crippen LogP contribution in [0.1, 0.15) is 23.2 Å². The first kappa shape index (κ1) is 10.5. The average Bonchev–Trinajstić information content (AvgIpc) is 2.15. The van der Waals surface area contributed by atoms with Gasteiger partial charge in [0.05, 0.1) is 12.2 Å². The van der Waals surface area contributed by atoms with Crippen LogP contribution in [-0.4, -0.2) is 10.1 Å². The van der Waals surface area contributed by atoms with E-state index in [0.29, 0.717) is 6.07 Å². The summed E-state index contributed by atoms with van der Waals surface area (Å²) in [6.45, 7) is -0.756. The van der Waals surface area contributed by atoms with Crippen molar-refractivity contribution >= 4 is 0 Å². The molecule has 3 nitrogen and oxygen atoms in total. The second-order valence-electron chi connectivity index (χ2n) is 2.44. The van der Waals surface area contributed by atoms with Gasteiger partial charge in [0.1, 0.15) is 6.07 Å². The summed E-state index contributed by atoms with van der Waals surface area (Å²) in [6.07, 6.45) is -2.96. The highest BCUT2D eigenvalue weighted by Crippen LogP contribution is 2.25. The molecule has 0 aliphatic rings. The molecule has 0 fully saturated rings. The Kier molecular flexibility index (Phi) is 3.04. The van der Waals surface area contributed by atoms with Gasteiger partial charge >= 0.3 is 0 Å². The quantitative estimate of drug-likeness (QED) is 0.739. The standard InChI is InChI=1S/C8H5F3N2O/c9-6-1-4(3-14)7(8(10)11)5(2-12)13-6/h1,8,14H,3H2. The van der Waals surface area contributed by atoms with Gasteiger partial charge < -0.3 is 5.11 Å². The molecule has 0 saturated carbocycles. The lowest BCUT2D eigenvalue weighted by Crippen LogP contribution is -2.03. The molecule has 6 heteroatoms.